The molecule has 1 rings (SSSR count). The Bertz CT molecular complexity index is 412. The summed E-state index contributed by atoms with van der Waals surface area (Å²) in [5.74, 6) is -1.62. The van der Waals surface area contributed by atoms with Gasteiger partial charge in [0.1, 0.15) is 0 Å². The monoisotopic (exact) mass is 275 g/mol. The maximum absolute atomic E-state index is 13.4. The standard InChI is InChI=1S/C13H16ClF2NO/c1-2-17(8-4-7-14)12(18)9-10-5-3-6-11(15)13(10)16/h3,5-6H,2,4,7-9H2,1H3. The van der Waals surface area contributed by atoms with Gasteiger partial charge in [0, 0.05) is 24.5 Å². The van der Waals surface area contributed by atoms with E-state index in [1.807, 2.05) is 6.92 Å². The van der Waals surface area contributed by atoms with Crippen LogP contribution < -0.4 is 0 Å². The van der Waals surface area contributed by atoms with Gasteiger partial charge in [-0.25, -0.2) is 8.78 Å². The Morgan fingerprint density at radius 2 is 2.11 bits per heavy atom. The van der Waals surface area contributed by atoms with Crippen LogP contribution in [0, 0.1) is 11.6 Å². The first kappa shape index (κ1) is 14.9. The van der Waals surface area contributed by atoms with Gasteiger partial charge >= 0.3 is 0 Å². The van der Waals surface area contributed by atoms with Crippen molar-refractivity contribution in [2.75, 3.05) is 19.0 Å². The summed E-state index contributed by atoms with van der Waals surface area (Å²) in [6, 6.07) is 3.86. The zero-order valence-corrected chi connectivity index (χ0v) is 11.0. The van der Waals surface area contributed by atoms with E-state index in [1.54, 1.807) is 4.90 Å². The number of alkyl halides is 1. The zero-order valence-electron chi connectivity index (χ0n) is 10.3. The number of carbonyl (C=O) groups excluding carboxylic acids is 1. The van der Waals surface area contributed by atoms with Crippen LogP contribution in [0.1, 0.15) is 18.9 Å². The van der Waals surface area contributed by atoms with E-state index in [2.05, 4.69) is 0 Å². The Morgan fingerprint density at radius 3 is 2.72 bits per heavy atom. The van der Waals surface area contributed by atoms with Gasteiger partial charge in [0.2, 0.25) is 5.91 Å². The first-order valence-corrected chi connectivity index (χ1v) is 6.40. The lowest BCUT2D eigenvalue weighted by Gasteiger charge is -2.20. The minimum atomic E-state index is -0.945. The Labute approximate surface area is 111 Å². The van der Waals surface area contributed by atoms with Gasteiger partial charge in [-0.15, -0.1) is 11.6 Å². The molecule has 2 nitrogen and oxygen atoms in total. The van der Waals surface area contributed by atoms with Crippen LogP contribution in [0.25, 0.3) is 0 Å². The fourth-order valence-electron chi connectivity index (χ4n) is 1.67. The van der Waals surface area contributed by atoms with Gasteiger partial charge in [-0.1, -0.05) is 12.1 Å². The van der Waals surface area contributed by atoms with E-state index < -0.39 is 11.6 Å². The number of carbonyl (C=O) groups is 1. The van der Waals surface area contributed by atoms with Crippen LogP contribution in [-0.4, -0.2) is 29.8 Å². The molecule has 1 amide bonds. The molecular weight excluding hydrogens is 260 g/mol. The average molecular weight is 276 g/mol. The van der Waals surface area contributed by atoms with E-state index in [0.717, 1.165) is 6.07 Å². The molecule has 18 heavy (non-hydrogen) atoms. The van der Waals surface area contributed by atoms with Crippen molar-refractivity contribution >= 4 is 17.5 Å². The van der Waals surface area contributed by atoms with Crippen LogP contribution in [0.3, 0.4) is 0 Å². The highest BCUT2D eigenvalue weighted by atomic mass is 35.5. The second-order valence-corrected chi connectivity index (χ2v) is 4.28. The molecule has 0 aliphatic rings. The van der Waals surface area contributed by atoms with Crippen molar-refractivity contribution < 1.29 is 13.6 Å². The molecular formula is C13H16ClF2NO. The highest BCUT2D eigenvalue weighted by molar-refractivity contribution is 6.17. The quantitative estimate of drug-likeness (QED) is 0.731. The first-order chi connectivity index (χ1) is 8.60. The molecule has 0 radical (unpaired) electrons. The number of amides is 1. The second-order valence-electron chi connectivity index (χ2n) is 3.91. The minimum Gasteiger partial charge on any atom is -0.343 e. The van der Waals surface area contributed by atoms with Crippen LogP contribution in [0.15, 0.2) is 18.2 Å². The molecule has 1 aromatic rings. The molecule has 0 heterocycles. The molecule has 100 valence electrons. The summed E-state index contributed by atoms with van der Waals surface area (Å²) in [4.78, 5) is 13.5. The molecule has 0 aliphatic heterocycles. The molecule has 0 fully saturated rings. The van der Waals surface area contributed by atoms with E-state index in [4.69, 9.17) is 11.6 Å². The first-order valence-electron chi connectivity index (χ1n) is 5.86. The molecule has 1 aromatic carbocycles. The molecule has 0 N–H and O–H groups in total. The molecule has 0 aliphatic carbocycles. The molecule has 0 atom stereocenters. The maximum atomic E-state index is 13.4. The number of halogens is 3. The Morgan fingerprint density at radius 1 is 1.39 bits per heavy atom. The van der Waals surface area contributed by atoms with E-state index in [1.165, 1.54) is 12.1 Å². The lowest BCUT2D eigenvalue weighted by atomic mass is 10.1. The number of hydrogen-bond donors (Lipinski definition) is 0. The van der Waals surface area contributed by atoms with E-state index in [0.29, 0.717) is 25.4 Å². The number of rotatable bonds is 6. The molecule has 0 spiro atoms. The summed E-state index contributed by atoms with van der Waals surface area (Å²) >= 11 is 5.57. The Balaban J connectivity index is 2.70. The molecule has 0 unspecified atom stereocenters. The van der Waals surface area contributed by atoms with Crippen LogP contribution in [0.4, 0.5) is 8.78 Å². The van der Waals surface area contributed by atoms with Crippen LogP contribution in [-0.2, 0) is 11.2 Å². The normalized spacial score (nSPS) is 10.4. The van der Waals surface area contributed by atoms with Crippen molar-refractivity contribution in [3.63, 3.8) is 0 Å². The number of hydrogen-bond acceptors (Lipinski definition) is 1. The third-order valence-electron chi connectivity index (χ3n) is 2.67. The highest BCUT2D eigenvalue weighted by Gasteiger charge is 2.15. The number of benzene rings is 1. The summed E-state index contributed by atoms with van der Waals surface area (Å²) < 4.78 is 26.4. The average Bonchev–Trinajstić information content (AvgIpc) is 2.36. The van der Waals surface area contributed by atoms with Crippen molar-refractivity contribution in [3.8, 4) is 0 Å². The highest BCUT2D eigenvalue weighted by Crippen LogP contribution is 2.13. The third-order valence-corrected chi connectivity index (χ3v) is 2.94. The maximum Gasteiger partial charge on any atom is 0.227 e. The van der Waals surface area contributed by atoms with Gasteiger partial charge in [-0.05, 0) is 19.4 Å². The summed E-state index contributed by atoms with van der Waals surface area (Å²) in [7, 11) is 0. The van der Waals surface area contributed by atoms with E-state index in [-0.39, 0.29) is 17.9 Å². The predicted molar refractivity (Wildman–Crippen MR) is 67.7 cm³/mol. The summed E-state index contributed by atoms with van der Waals surface area (Å²) in [5, 5.41) is 0. The largest absolute Gasteiger partial charge is 0.343 e. The van der Waals surface area contributed by atoms with Crippen LogP contribution >= 0.6 is 11.6 Å². The number of likely N-dealkylation sites (N-methyl/N-ethyl adjacent to an activating group) is 1. The molecule has 0 bridgehead atoms. The van der Waals surface area contributed by atoms with Crippen molar-refractivity contribution in [1.82, 2.24) is 4.90 Å². The lowest BCUT2D eigenvalue weighted by Crippen LogP contribution is -2.33. The molecule has 0 saturated carbocycles. The Hall–Kier alpha value is -1.16. The second kappa shape index (κ2) is 7.31. The Kier molecular flexibility index (Phi) is 6.05. The van der Waals surface area contributed by atoms with Gasteiger partial charge in [-0.3, -0.25) is 4.79 Å². The topological polar surface area (TPSA) is 20.3 Å². The number of nitrogens with zero attached hydrogens (tertiary/aromatic N) is 1. The van der Waals surface area contributed by atoms with Gasteiger partial charge in [0.25, 0.3) is 0 Å². The van der Waals surface area contributed by atoms with Gasteiger partial charge in [-0.2, -0.15) is 0 Å². The van der Waals surface area contributed by atoms with Crippen molar-refractivity contribution in [2.24, 2.45) is 0 Å². The predicted octanol–water partition coefficient (Wildman–Crippen LogP) is 2.98. The van der Waals surface area contributed by atoms with Crippen molar-refractivity contribution in [1.29, 1.82) is 0 Å². The fourth-order valence-corrected chi connectivity index (χ4v) is 1.79. The minimum absolute atomic E-state index is 0.0873. The summed E-state index contributed by atoms with van der Waals surface area (Å²) in [5.41, 5.74) is 0.0873. The summed E-state index contributed by atoms with van der Waals surface area (Å²) in [6.07, 6.45) is 0.562. The van der Waals surface area contributed by atoms with Crippen molar-refractivity contribution in [2.45, 2.75) is 19.8 Å². The van der Waals surface area contributed by atoms with Crippen molar-refractivity contribution in [3.05, 3.63) is 35.4 Å². The molecule has 5 heteroatoms. The molecule has 0 saturated heterocycles. The van der Waals surface area contributed by atoms with Gasteiger partial charge < -0.3 is 4.90 Å². The lowest BCUT2D eigenvalue weighted by molar-refractivity contribution is -0.130. The van der Waals surface area contributed by atoms with E-state index >= 15 is 0 Å². The van der Waals surface area contributed by atoms with Gasteiger partial charge in [0.05, 0.1) is 6.42 Å². The molecule has 0 aromatic heterocycles. The summed E-state index contributed by atoms with van der Waals surface area (Å²) in [6.45, 7) is 2.91. The van der Waals surface area contributed by atoms with E-state index in [9.17, 15) is 13.6 Å². The SMILES string of the molecule is CCN(CCCCl)C(=O)Cc1cccc(F)c1F. The van der Waals surface area contributed by atoms with Gasteiger partial charge in [0.15, 0.2) is 11.6 Å². The van der Waals surface area contributed by atoms with Crippen LogP contribution in [0.5, 0.6) is 0 Å². The third kappa shape index (κ3) is 3.95. The fraction of sp³-hybridized carbons (Fsp3) is 0.462. The zero-order chi connectivity index (χ0) is 13.5. The smallest absolute Gasteiger partial charge is 0.227 e. The van der Waals surface area contributed by atoms with Crippen LogP contribution in [0.2, 0.25) is 0 Å².